The Kier molecular flexibility index (Phi) is 7.35. The van der Waals surface area contributed by atoms with Crippen molar-refractivity contribution in [1.29, 1.82) is 0 Å². The zero-order valence-corrected chi connectivity index (χ0v) is 17.2. The highest BCUT2D eigenvalue weighted by Gasteiger charge is 2.42. The second-order valence-electron chi connectivity index (χ2n) is 7.44. The number of aryl methyl sites for hydroxylation is 1. The van der Waals surface area contributed by atoms with E-state index in [1.165, 1.54) is 6.07 Å². The van der Waals surface area contributed by atoms with Gasteiger partial charge in [0.1, 0.15) is 5.82 Å². The Hall–Kier alpha value is -2.29. The first-order valence-electron chi connectivity index (χ1n) is 9.93. The average Bonchev–Trinajstić information content (AvgIpc) is 3.23. The number of halogens is 1. The van der Waals surface area contributed by atoms with E-state index in [4.69, 9.17) is 0 Å². The molecule has 2 heterocycles. The number of amides is 4. The van der Waals surface area contributed by atoms with E-state index in [1.54, 1.807) is 19.1 Å². The third-order valence-electron chi connectivity index (χ3n) is 5.25. The number of thioether (sulfide) groups is 1. The van der Waals surface area contributed by atoms with E-state index < -0.39 is 5.82 Å². The lowest BCUT2D eigenvalue weighted by Gasteiger charge is -2.16. The maximum atomic E-state index is 13.5. The second-order valence-corrected chi connectivity index (χ2v) is 8.71. The van der Waals surface area contributed by atoms with Crippen LogP contribution < -0.4 is 21.3 Å². The molecule has 0 aromatic heterocycles. The molecule has 0 saturated carbocycles. The van der Waals surface area contributed by atoms with Crippen molar-refractivity contribution in [3.05, 3.63) is 35.1 Å². The lowest BCUT2D eigenvalue weighted by molar-refractivity contribution is -0.121. The molecule has 1 aromatic rings. The van der Waals surface area contributed by atoms with Gasteiger partial charge in [0.05, 0.1) is 12.1 Å². The molecular weight excluding hydrogens is 395 g/mol. The molecule has 4 N–H and O–H groups in total. The highest BCUT2D eigenvalue weighted by molar-refractivity contribution is 8.00. The number of rotatable bonds is 9. The van der Waals surface area contributed by atoms with Crippen LogP contribution in [0.1, 0.15) is 41.6 Å². The van der Waals surface area contributed by atoms with Crippen LogP contribution in [-0.2, 0) is 4.79 Å². The van der Waals surface area contributed by atoms with Gasteiger partial charge in [-0.05, 0) is 37.5 Å². The SMILES string of the molecule is Cc1ccc(C(=O)NCCNC(=O)CCCC[C@@H]2SC[C@@H]3NC(=O)N[C@@H]32)cc1F. The van der Waals surface area contributed by atoms with E-state index in [1.807, 2.05) is 11.8 Å². The van der Waals surface area contributed by atoms with E-state index in [2.05, 4.69) is 21.3 Å². The van der Waals surface area contributed by atoms with Crippen LogP contribution in [0.4, 0.5) is 9.18 Å². The third-order valence-corrected chi connectivity index (χ3v) is 6.76. The second kappa shape index (κ2) is 9.96. The summed E-state index contributed by atoms with van der Waals surface area (Å²) in [6.45, 7) is 2.26. The number of hydrogen-bond donors (Lipinski definition) is 4. The quantitative estimate of drug-likeness (QED) is 0.360. The minimum Gasteiger partial charge on any atom is -0.354 e. The fraction of sp³-hybridized carbons (Fsp3) is 0.550. The number of nitrogens with one attached hydrogen (secondary N) is 4. The molecule has 0 unspecified atom stereocenters. The molecule has 2 aliphatic heterocycles. The molecule has 3 atom stereocenters. The van der Waals surface area contributed by atoms with Crippen LogP contribution in [0, 0.1) is 12.7 Å². The number of fused-ring (bicyclic) bond motifs is 1. The molecule has 3 rings (SSSR count). The number of hydrogen-bond acceptors (Lipinski definition) is 4. The van der Waals surface area contributed by atoms with Gasteiger partial charge in [-0.25, -0.2) is 9.18 Å². The summed E-state index contributed by atoms with van der Waals surface area (Å²) in [7, 11) is 0. The van der Waals surface area contributed by atoms with Gasteiger partial charge in [0.2, 0.25) is 5.91 Å². The van der Waals surface area contributed by atoms with E-state index >= 15 is 0 Å². The average molecular weight is 423 g/mol. The van der Waals surface area contributed by atoms with Crippen molar-refractivity contribution in [1.82, 2.24) is 21.3 Å². The summed E-state index contributed by atoms with van der Waals surface area (Å²) in [5.41, 5.74) is 0.755. The molecule has 1 aromatic carbocycles. The van der Waals surface area contributed by atoms with Gasteiger partial charge in [-0.1, -0.05) is 12.5 Å². The monoisotopic (exact) mass is 422 g/mol. The summed E-state index contributed by atoms with van der Waals surface area (Å²) in [6.07, 6.45) is 3.13. The van der Waals surface area contributed by atoms with Gasteiger partial charge in [-0.15, -0.1) is 0 Å². The molecular formula is C20H27FN4O3S. The molecule has 0 aliphatic carbocycles. The Bertz CT molecular complexity index is 776. The first-order valence-corrected chi connectivity index (χ1v) is 11.0. The Balaban J connectivity index is 1.24. The first-order chi connectivity index (χ1) is 13.9. The minimum absolute atomic E-state index is 0.0478. The van der Waals surface area contributed by atoms with Gasteiger partial charge in [0.25, 0.3) is 5.91 Å². The standard InChI is InChI=1S/C20H27FN4O3S/c1-12-6-7-13(10-14(12)21)19(27)23-9-8-22-17(26)5-3-2-4-16-18-15(11-29-16)24-20(28)25-18/h6-7,10,15-16,18H,2-5,8-9,11H2,1H3,(H,22,26)(H,23,27)(H2,24,25,28)/t15-,16-,18-/m0/s1. The van der Waals surface area contributed by atoms with Crippen molar-refractivity contribution >= 4 is 29.6 Å². The normalized spacial score (nSPS) is 22.6. The lowest BCUT2D eigenvalue weighted by atomic mass is 10.0. The molecule has 158 valence electrons. The van der Waals surface area contributed by atoms with Crippen molar-refractivity contribution in [2.24, 2.45) is 0 Å². The minimum atomic E-state index is -0.413. The smallest absolute Gasteiger partial charge is 0.315 e. The molecule has 2 saturated heterocycles. The van der Waals surface area contributed by atoms with Crippen LogP contribution in [0.25, 0.3) is 0 Å². The molecule has 0 bridgehead atoms. The van der Waals surface area contributed by atoms with Crippen LogP contribution in [0.15, 0.2) is 18.2 Å². The van der Waals surface area contributed by atoms with Gasteiger partial charge in [0.15, 0.2) is 0 Å². The predicted molar refractivity (Wildman–Crippen MR) is 110 cm³/mol. The zero-order valence-electron chi connectivity index (χ0n) is 16.4. The van der Waals surface area contributed by atoms with E-state index in [0.717, 1.165) is 25.0 Å². The van der Waals surface area contributed by atoms with Crippen LogP contribution in [0.3, 0.4) is 0 Å². The molecule has 0 spiro atoms. The van der Waals surface area contributed by atoms with Crippen molar-refractivity contribution in [2.75, 3.05) is 18.8 Å². The largest absolute Gasteiger partial charge is 0.354 e. The Morgan fingerprint density at radius 3 is 2.79 bits per heavy atom. The summed E-state index contributed by atoms with van der Waals surface area (Å²) in [6, 6.07) is 4.70. The number of carbonyl (C=O) groups is 3. The highest BCUT2D eigenvalue weighted by Crippen LogP contribution is 2.33. The van der Waals surface area contributed by atoms with Crippen LogP contribution in [-0.4, -0.2) is 54.0 Å². The van der Waals surface area contributed by atoms with Gasteiger partial charge in [-0.3, -0.25) is 9.59 Å². The summed E-state index contributed by atoms with van der Waals surface area (Å²) < 4.78 is 13.5. The van der Waals surface area contributed by atoms with Crippen molar-refractivity contribution in [3.8, 4) is 0 Å². The molecule has 2 fully saturated rings. The summed E-state index contributed by atoms with van der Waals surface area (Å²) in [4.78, 5) is 35.3. The van der Waals surface area contributed by atoms with Crippen LogP contribution >= 0.6 is 11.8 Å². The summed E-state index contributed by atoms with van der Waals surface area (Å²) >= 11 is 1.87. The third kappa shape index (κ3) is 5.85. The van der Waals surface area contributed by atoms with Gasteiger partial charge >= 0.3 is 6.03 Å². The van der Waals surface area contributed by atoms with Crippen LogP contribution in [0.5, 0.6) is 0 Å². The molecule has 2 aliphatic rings. The zero-order chi connectivity index (χ0) is 20.8. The summed E-state index contributed by atoms with van der Waals surface area (Å²) in [5.74, 6) is 0.117. The Morgan fingerprint density at radius 2 is 2.00 bits per heavy atom. The van der Waals surface area contributed by atoms with Crippen molar-refractivity contribution in [2.45, 2.75) is 49.9 Å². The maximum absolute atomic E-state index is 13.5. The predicted octanol–water partition coefficient (Wildman–Crippen LogP) is 1.71. The molecule has 9 heteroatoms. The molecule has 4 amide bonds. The topological polar surface area (TPSA) is 99.3 Å². The lowest BCUT2D eigenvalue weighted by Crippen LogP contribution is -2.36. The molecule has 7 nitrogen and oxygen atoms in total. The fourth-order valence-electron chi connectivity index (χ4n) is 3.58. The van der Waals surface area contributed by atoms with Crippen molar-refractivity contribution in [3.63, 3.8) is 0 Å². The van der Waals surface area contributed by atoms with E-state index in [9.17, 15) is 18.8 Å². The van der Waals surface area contributed by atoms with Gasteiger partial charge < -0.3 is 21.3 Å². The van der Waals surface area contributed by atoms with Crippen LogP contribution in [0.2, 0.25) is 0 Å². The Labute approximate surface area is 174 Å². The number of carbonyl (C=O) groups excluding carboxylic acids is 3. The highest BCUT2D eigenvalue weighted by atomic mass is 32.2. The van der Waals surface area contributed by atoms with Gasteiger partial charge in [-0.2, -0.15) is 11.8 Å². The number of urea groups is 1. The molecule has 0 radical (unpaired) electrons. The molecule has 29 heavy (non-hydrogen) atoms. The van der Waals surface area contributed by atoms with E-state index in [0.29, 0.717) is 23.8 Å². The first kappa shape index (κ1) is 21.4. The number of unbranched alkanes of at least 4 members (excludes halogenated alkanes) is 1. The van der Waals surface area contributed by atoms with Crippen molar-refractivity contribution < 1.29 is 18.8 Å². The number of benzene rings is 1. The van der Waals surface area contributed by atoms with E-state index in [-0.39, 0.29) is 42.0 Å². The fourth-order valence-corrected chi connectivity index (χ4v) is 5.12. The Morgan fingerprint density at radius 1 is 1.21 bits per heavy atom. The maximum Gasteiger partial charge on any atom is 0.315 e. The van der Waals surface area contributed by atoms with Gasteiger partial charge in [0, 0.05) is 36.1 Å². The summed E-state index contributed by atoms with van der Waals surface area (Å²) in [5, 5.41) is 11.7.